The first-order valence-corrected chi connectivity index (χ1v) is 10.4. The van der Waals surface area contributed by atoms with Crippen LogP contribution in [0.2, 0.25) is 0 Å². The summed E-state index contributed by atoms with van der Waals surface area (Å²) < 4.78 is 6.72. The number of ether oxygens (including phenoxy) is 1. The lowest BCUT2D eigenvalue weighted by Crippen LogP contribution is -2.44. The number of aromatic nitrogens is 2. The third-order valence-electron chi connectivity index (χ3n) is 6.06. The lowest BCUT2D eigenvalue weighted by Gasteiger charge is -2.31. The van der Waals surface area contributed by atoms with E-state index in [4.69, 9.17) is 20.3 Å². The number of nitrogens with two attached hydrogens (primary N) is 1. The fourth-order valence-corrected chi connectivity index (χ4v) is 4.34. The van der Waals surface area contributed by atoms with E-state index in [2.05, 4.69) is 5.16 Å². The molecular formula is C23H22N4O5. The number of esters is 1. The number of cyclic esters (lactones) is 1. The van der Waals surface area contributed by atoms with Gasteiger partial charge in [-0.15, -0.1) is 0 Å². The largest absolute Gasteiger partial charge is 0.458 e. The lowest BCUT2D eigenvalue weighted by atomic mass is 9.86. The minimum atomic E-state index is -1.84. The van der Waals surface area contributed by atoms with Crippen LogP contribution in [0.1, 0.15) is 35.6 Å². The van der Waals surface area contributed by atoms with Crippen LogP contribution in [0.15, 0.2) is 40.3 Å². The molecule has 0 bridgehead atoms. The van der Waals surface area contributed by atoms with E-state index >= 15 is 0 Å². The number of carbonyl (C=O) groups is 1. The van der Waals surface area contributed by atoms with Crippen molar-refractivity contribution in [2.75, 3.05) is 13.2 Å². The van der Waals surface area contributed by atoms with Crippen LogP contribution in [0.25, 0.3) is 22.3 Å². The molecule has 5 rings (SSSR count). The van der Waals surface area contributed by atoms with Crippen LogP contribution in [-0.4, -0.2) is 40.0 Å². The van der Waals surface area contributed by atoms with Crippen molar-refractivity contribution < 1.29 is 19.5 Å². The van der Waals surface area contributed by atoms with Crippen molar-refractivity contribution in [1.29, 1.82) is 0 Å². The lowest BCUT2D eigenvalue weighted by molar-refractivity contribution is -0.172. The average Bonchev–Trinajstić information content (AvgIpc) is 3.16. The molecule has 3 aromatic rings. The zero-order valence-corrected chi connectivity index (χ0v) is 17.5. The maximum atomic E-state index is 13.2. The molecule has 1 aromatic carbocycles. The van der Waals surface area contributed by atoms with Crippen molar-refractivity contribution in [3.05, 3.63) is 62.9 Å². The van der Waals surface area contributed by atoms with Crippen LogP contribution in [0.5, 0.6) is 0 Å². The fourth-order valence-electron chi connectivity index (χ4n) is 4.34. The van der Waals surface area contributed by atoms with Gasteiger partial charge < -0.3 is 25.0 Å². The maximum Gasteiger partial charge on any atom is 0.343 e. The van der Waals surface area contributed by atoms with Gasteiger partial charge in [-0.25, -0.2) is 9.78 Å². The van der Waals surface area contributed by atoms with Gasteiger partial charge in [-0.05, 0) is 24.6 Å². The molecule has 0 saturated heterocycles. The van der Waals surface area contributed by atoms with Gasteiger partial charge in [0.15, 0.2) is 5.60 Å². The topological polar surface area (TPSA) is 129 Å². The van der Waals surface area contributed by atoms with Gasteiger partial charge in [-0.3, -0.25) is 4.79 Å². The van der Waals surface area contributed by atoms with E-state index in [1.54, 1.807) is 23.8 Å². The summed E-state index contributed by atoms with van der Waals surface area (Å²) in [6, 6.07) is 9.35. The number of nitrogens with zero attached hydrogens (tertiary/aromatic N) is 3. The molecule has 0 aliphatic carbocycles. The van der Waals surface area contributed by atoms with E-state index in [1.165, 1.54) is 0 Å². The molecule has 2 aromatic heterocycles. The van der Waals surface area contributed by atoms with E-state index in [1.807, 2.05) is 24.3 Å². The Bertz CT molecular complexity index is 1350. The second-order valence-corrected chi connectivity index (χ2v) is 7.87. The summed E-state index contributed by atoms with van der Waals surface area (Å²) in [6.45, 7) is 2.58. The summed E-state index contributed by atoms with van der Waals surface area (Å²) >= 11 is 0. The van der Waals surface area contributed by atoms with Gasteiger partial charge in [0, 0.05) is 28.6 Å². The molecule has 3 N–H and O–H groups in total. The zero-order chi connectivity index (χ0) is 22.5. The Morgan fingerprint density at radius 1 is 1.38 bits per heavy atom. The van der Waals surface area contributed by atoms with Gasteiger partial charge >= 0.3 is 5.97 Å². The number of rotatable bonds is 5. The number of benzene rings is 1. The first-order valence-electron chi connectivity index (χ1n) is 10.4. The van der Waals surface area contributed by atoms with Crippen molar-refractivity contribution in [2.45, 2.75) is 32.1 Å². The van der Waals surface area contributed by atoms with Crippen LogP contribution < -0.4 is 11.3 Å². The molecule has 9 heteroatoms. The molecule has 0 radical (unpaired) electrons. The van der Waals surface area contributed by atoms with Gasteiger partial charge in [0.05, 0.1) is 35.2 Å². The summed E-state index contributed by atoms with van der Waals surface area (Å²) in [5.74, 6) is -0.734. The van der Waals surface area contributed by atoms with Crippen LogP contribution >= 0.6 is 0 Å². The molecule has 0 fully saturated rings. The second-order valence-electron chi connectivity index (χ2n) is 7.87. The summed E-state index contributed by atoms with van der Waals surface area (Å²) in [7, 11) is 0. The molecule has 0 spiro atoms. The van der Waals surface area contributed by atoms with Crippen molar-refractivity contribution in [3.63, 3.8) is 0 Å². The van der Waals surface area contributed by atoms with Crippen LogP contribution in [0.4, 0.5) is 0 Å². The Balaban J connectivity index is 1.66. The maximum absolute atomic E-state index is 13.2. The van der Waals surface area contributed by atoms with Crippen LogP contribution in [-0.2, 0) is 33.1 Å². The number of hydrogen-bond donors (Lipinski definition) is 2. The predicted octanol–water partition coefficient (Wildman–Crippen LogP) is 1.39. The Hall–Kier alpha value is -3.56. The third kappa shape index (κ3) is 2.93. The first kappa shape index (κ1) is 20.3. The molecule has 0 amide bonds. The normalized spacial score (nSPS) is 19.0. The molecule has 164 valence electrons. The van der Waals surface area contributed by atoms with Crippen molar-refractivity contribution in [1.82, 2.24) is 9.55 Å². The van der Waals surface area contributed by atoms with Gasteiger partial charge in [-0.2, -0.15) is 0 Å². The molecule has 32 heavy (non-hydrogen) atoms. The van der Waals surface area contributed by atoms with Gasteiger partial charge in [0.2, 0.25) is 0 Å². The van der Waals surface area contributed by atoms with Crippen molar-refractivity contribution in [3.8, 4) is 11.4 Å². The summed E-state index contributed by atoms with van der Waals surface area (Å²) in [5, 5.41) is 15.8. The quantitative estimate of drug-likeness (QED) is 0.210. The summed E-state index contributed by atoms with van der Waals surface area (Å²) in [6.07, 6.45) is 1.72. The Morgan fingerprint density at radius 3 is 3.00 bits per heavy atom. The molecule has 2 aliphatic heterocycles. The monoisotopic (exact) mass is 434 g/mol. The molecule has 0 saturated carbocycles. The number of oxime groups is 1. The smallest absolute Gasteiger partial charge is 0.343 e. The van der Waals surface area contributed by atoms with E-state index in [0.29, 0.717) is 42.2 Å². The number of fused-ring (bicyclic) bond motifs is 5. The number of hydrogen-bond acceptors (Lipinski definition) is 8. The first-order chi connectivity index (χ1) is 15.5. The molecular weight excluding hydrogens is 412 g/mol. The van der Waals surface area contributed by atoms with Gasteiger partial charge in [0.1, 0.15) is 13.2 Å². The minimum Gasteiger partial charge on any atom is -0.458 e. The molecule has 9 nitrogen and oxygen atoms in total. The van der Waals surface area contributed by atoms with Crippen LogP contribution in [0.3, 0.4) is 0 Å². The third-order valence-corrected chi connectivity index (χ3v) is 6.06. The van der Waals surface area contributed by atoms with Crippen LogP contribution in [0, 0.1) is 0 Å². The summed E-state index contributed by atoms with van der Waals surface area (Å²) in [5.41, 5.74) is 7.57. The molecule has 4 heterocycles. The van der Waals surface area contributed by atoms with Gasteiger partial charge in [0.25, 0.3) is 5.56 Å². The molecule has 1 atom stereocenters. The highest BCUT2D eigenvalue weighted by Crippen LogP contribution is 2.38. The zero-order valence-electron chi connectivity index (χ0n) is 17.5. The predicted molar refractivity (Wildman–Crippen MR) is 117 cm³/mol. The Labute approximate surface area is 183 Å². The highest BCUT2D eigenvalue weighted by atomic mass is 16.6. The van der Waals surface area contributed by atoms with E-state index in [9.17, 15) is 14.7 Å². The van der Waals surface area contributed by atoms with E-state index in [0.717, 1.165) is 22.0 Å². The minimum absolute atomic E-state index is 0.106. The van der Waals surface area contributed by atoms with Gasteiger partial charge in [-0.1, -0.05) is 24.2 Å². The SMILES string of the molecule is CC[C@@]1(O)C(=O)OCc2c1cc1n(c2=O)Cc2cc3c(/C=N\OCCN)cccc3nc2-1. The number of carbonyl (C=O) groups excluding carboxylic acids is 1. The number of aliphatic hydroxyl groups is 1. The van der Waals surface area contributed by atoms with E-state index in [-0.39, 0.29) is 18.6 Å². The highest BCUT2D eigenvalue weighted by molar-refractivity contribution is 5.99. The summed E-state index contributed by atoms with van der Waals surface area (Å²) in [4.78, 5) is 35.4. The highest BCUT2D eigenvalue weighted by Gasteiger charge is 2.45. The second kappa shape index (κ2) is 7.54. The molecule has 2 aliphatic rings. The Morgan fingerprint density at radius 2 is 2.22 bits per heavy atom. The number of pyridine rings is 2. The standard InChI is InChI=1S/C23H22N4O5/c1-2-23(30)17-9-19-20-14(11-27(19)21(28)16(17)12-31-22(23)29)8-15-13(10-25-32-7-6-24)4-3-5-18(15)26-20/h3-5,8-10,30H,2,6-7,11-12,24H2,1H3/b25-10-/t23-/m0/s1. The molecule has 0 unspecified atom stereocenters. The Kier molecular flexibility index (Phi) is 4.79. The van der Waals surface area contributed by atoms with E-state index < -0.39 is 11.6 Å². The van der Waals surface area contributed by atoms with Crippen molar-refractivity contribution >= 4 is 23.1 Å². The average molecular weight is 434 g/mol. The fraction of sp³-hybridized carbons (Fsp3) is 0.304. The van der Waals surface area contributed by atoms with Crippen molar-refractivity contribution in [2.24, 2.45) is 10.9 Å².